The van der Waals surface area contributed by atoms with Gasteiger partial charge in [0.1, 0.15) is 11.8 Å². The number of methoxy groups -OCH3 is 1. The van der Waals surface area contributed by atoms with Gasteiger partial charge in [0.25, 0.3) is 11.8 Å². The first-order chi connectivity index (χ1) is 16.5. The van der Waals surface area contributed by atoms with E-state index in [0.717, 1.165) is 25.9 Å². The zero-order chi connectivity index (χ0) is 24.1. The van der Waals surface area contributed by atoms with E-state index in [1.165, 1.54) is 0 Å². The van der Waals surface area contributed by atoms with Crippen LogP contribution in [0.4, 0.5) is 0 Å². The molecule has 34 heavy (non-hydrogen) atoms. The summed E-state index contributed by atoms with van der Waals surface area (Å²) >= 11 is 5.94. The highest BCUT2D eigenvalue weighted by Crippen LogP contribution is 2.25. The van der Waals surface area contributed by atoms with Crippen molar-refractivity contribution in [1.29, 1.82) is 0 Å². The minimum Gasteiger partial charge on any atom is -0.497 e. The summed E-state index contributed by atoms with van der Waals surface area (Å²) in [5.74, 6) is 0.173. The van der Waals surface area contributed by atoms with Crippen LogP contribution in [0.1, 0.15) is 46.4 Å². The lowest BCUT2D eigenvalue weighted by Gasteiger charge is -2.37. The van der Waals surface area contributed by atoms with Crippen molar-refractivity contribution in [3.8, 4) is 5.75 Å². The van der Waals surface area contributed by atoms with Gasteiger partial charge in [0.2, 0.25) is 5.91 Å². The molecule has 2 aliphatic heterocycles. The fourth-order valence-electron chi connectivity index (χ4n) is 4.72. The van der Waals surface area contributed by atoms with Crippen LogP contribution in [0.3, 0.4) is 0 Å². The normalized spacial score (nSPS) is 17.4. The number of nitrogens with one attached hydrogen (secondary N) is 1. The lowest BCUT2D eigenvalue weighted by atomic mass is 9.88. The van der Waals surface area contributed by atoms with Gasteiger partial charge in [-0.25, -0.2) is 0 Å². The molecular weight excluding hydrogens is 454 g/mol. The summed E-state index contributed by atoms with van der Waals surface area (Å²) < 4.78 is 5.23. The number of hydrogen-bond acceptors (Lipinski definition) is 4. The first-order valence-corrected chi connectivity index (χ1v) is 12.1. The van der Waals surface area contributed by atoms with Crippen LogP contribution in [0.25, 0.3) is 0 Å². The zero-order valence-electron chi connectivity index (χ0n) is 19.3. The highest BCUT2D eigenvalue weighted by atomic mass is 35.5. The third-order valence-corrected chi connectivity index (χ3v) is 6.94. The number of hydrogen-bond donors (Lipinski definition) is 1. The summed E-state index contributed by atoms with van der Waals surface area (Å²) in [6.45, 7) is 2.51. The molecule has 0 saturated carbocycles. The van der Waals surface area contributed by atoms with E-state index in [1.807, 2.05) is 4.90 Å². The van der Waals surface area contributed by atoms with E-state index in [4.69, 9.17) is 16.3 Å². The zero-order valence-corrected chi connectivity index (χ0v) is 20.1. The van der Waals surface area contributed by atoms with Gasteiger partial charge in [-0.3, -0.25) is 14.4 Å². The van der Waals surface area contributed by atoms with E-state index in [9.17, 15) is 14.4 Å². The van der Waals surface area contributed by atoms with Gasteiger partial charge in [-0.15, -0.1) is 0 Å². The van der Waals surface area contributed by atoms with Crippen molar-refractivity contribution < 1.29 is 19.1 Å². The summed E-state index contributed by atoms with van der Waals surface area (Å²) in [7, 11) is 1.55. The lowest BCUT2D eigenvalue weighted by Crippen LogP contribution is -2.54. The Kier molecular flexibility index (Phi) is 7.73. The minimum atomic E-state index is -0.621. The highest BCUT2D eigenvalue weighted by Gasteiger charge is 2.37. The number of benzene rings is 2. The molecule has 2 saturated heterocycles. The summed E-state index contributed by atoms with van der Waals surface area (Å²) in [4.78, 5) is 43.0. The van der Waals surface area contributed by atoms with Crippen molar-refractivity contribution in [3.63, 3.8) is 0 Å². The van der Waals surface area contributed by atoms with Crippen LogP contribution in [0, 0.1) is 5.92 Å². The Morgan fingerprint density at radius 1 is 0.941 bits per heavy atom. The van der Waals surface area contributed by atoms with Gasteiger partial charge in [0, 0.05) is 42.3 Å². The maximum absolute atomic E-state index is 13.4. The number of carbonyl (C=O) groups excluding carboxylic acids is 3. The fraction of sp³-hybridized carbons (Fsp3) is 0.423. The predicted molar refractivity (Wildman–Crippen MR) is 130 cm³/mol. The van der Waals surface area contributed by atoms with Crippen LogP contribution in [0.2, 0.25) is 5.02 Å². The monoisotopic (exact) mass is 483 g/mol. The molecule has 1 N–H and O–H groups in total. The van der Waals surface area contributed by atoms with Gasteiger partial charge in [0.15, 0.2) is 0 Å². The van der Waals surface area contributed by atoms with Crippen molar-refractivity contribution >= 4 is 29.3 Å². The van der Waals surface area contributed by atoms with E-state index < -0.39 is 6.04 Å². The Morgan fingerprint density at radius 3 is 2.26 bits per heavy atom. The molecule has 2 heterocycles. The van der Waals surface area contributed by atoms with Gasteiger partial charge in [-0.1, -0.05) is 17.7 Å². The van der Waals surface area contributed by atoms with Gasteiger partial charge in [0.05, 0.1) is 7.11 Å². The van der Waals surface area contributed by atoms with Crippen LogP contribution < -0.4 is 10.1 Å². The molecular formula is C26H30ClN3O4. The molecule has 0 bridgehead atoms. The Morgan fingerprint density at radius 2 is 1.62 bits per heavy atom. The van der Waals surface area contributed by atoms with Crippen molar-refractivity contribution in [2.75, 3.05) is 33.3 Å². The van der Waals surface area contributed by atoms with Crippen LogP contribution in [-0.2, 0) is 4.79 Å². The van der Waals surface area contributed by atoms with Gasteiger partial charge < -0.3 is 19.9 Å². The molecule has 2 aromatic rings. The maximum Gasteiger partial charge on any atom is 0.253 e. The second-order valence-electron chi connectivity index (χ2n) is 8.85. The van der Waals surface area contributed by atoms with Crippen LogP contribution in [0.5, 0.6) is 5.75 Å². The Balaban J connectivity index is 1.46. The summed E-state index contributed by atoms with van der Waals surface area (Å²) in [5.41, 5.74) is 1.05. The Bertz CT molecular complexity index is 1030. The smallest absolute Gasteiger partial charge is 0.253 e. The van der Waals surface area contributed by atoms with Crippen molar-refractivity contribution in [2.45, 2.75) is 31.7 Å². The average molecular weight is 484 g/mol. The number of nitrogens with zero attached hydrogens (tertiary/aromatic N) is 2. The van der Waals surface area contributed by atoms with Crippen molar-refractivity contribution in [3.05, 3.63) is 64.7 Å². The quantitative estimate of drug-likeness (QED) is 0.680. The van der Waals surface area contributed by atoms with Gasteiger partial charge in [-0.2, -0.15) is 0 Å². The number of likely N-dealkylation sites (tertiary alicyclic amines) is 2. The summed E-state index contributed by atoms with van der Waals surface area (Å²) in [6.07, 6.45) is 3.25. The second kappa shape index (κ2) is 10.9. The predicted octanol–water partition coefficient (Wildman–Crippen LogP) is 3.62. The van der Waals surface area contributed by atoms with E-state index >= 15 is 0 Å². The molecule has 2 fully saturated rings. The third kappa shape index (κ3) is 5.53. The molecule has 3 amide bonds. The van der Waals surface area contributed by atoms with Crippen LogP contribution in [-0.4, -0.2) is 66.9 Å². The Labute approximate surface area is 205 Å². The van der Waals surface area contributed by atoms with Crippen LogP contribution in [0.15, 0.2) is 48.5 Å². The maximum atomic E-state index is 13.4. The molecule has 0 spiro atoms. The van der Waals surface area contributed by atoms with Crippen molar-refractivity contribution in [1.82, 2.24) is 15.1 Å². The molecule has 1 atom stereocenters. The number of amides is 3. The molecule has 0 aromatic heterocycles. The average Bonchev–Trinajstić information content (AvgIpc) is 3.42. The molecule has 8 heteroatoms. The SMILES string of the molecule is COc1cccc(C(=O)NC(C(=O)N2CCCC2)C2CCN(C(=O)c3ccc(Cl)cc3)CC2)c1. The second-order valence-corrected chi connectivity index (χ2v) is 9.29. The number of halogens is 1. The van der Waals surface area contributed by atoms with Gasteiger partial charge >= 0.3 is 0 Å². The van der Waals surface area contributed by atoms with E-state index in [0.29, 0.717) is 47.8 Å². The molecule has 1 unspecified atom stereocenters. The lowest BCUT2D eigenvalue weighted by molar-refractivity contribution is -0.134. The molecule has 180 valence electrons. The third-order valence-electron chi connectivity index (χ3n) is 6.69. The first kappa shape index (κ1) is 24.1. The van der Waals surface area contributed by atoms with E-state index in [-0.39, 0.29) is 23.6 Å². The van der Waals surface area contributed by atoms with Gasteiger partial charge in [-0.05, 0) is 74.1 Å². The molecule has 7 nitrogen and oxygen atoms in total. The first-order valence-electron chi connectivity index (χ1n) is 11.7. The molecule has 2 aromatic carbocycles. The number of ether oxygens (including phenoxy) is 1. The standard InChI is InChI=1S/C26H30ClN3O4/c1-34-22-6-4-5-20(17-22)24(31)28-23(26(33)29-13-2-3-14-29)18-11-15-30(16-12-18)25(32)19-7-9-21(27)10-8-19/h4-10,17-18,23H,2-3,11-16H2,1H3,(H,28,31). The largest absolute Gasteiger partial charge is 0.497 e. The molecule has 0 radical (unpaired) electrons. The summed E-state index contributed by atoms with van der Waals surface area (Å²) in [5, 5.41) is 3.60. The fourth-order valence-corrected chi connectivity index (χ4v) is 4.84. The molecule has 4 rings (SSSR count). The Hall–Kier alpha value is -3.06. The minimum absolute atomic E-state index is 0.0313. The number of piperidine rings is 1. The summed E-state index contributed by atoms with van der Waals surface area (Å²) in [6, 6.07) is 13.2. The number of rotatable bonds is 6. The number of carbonyl (C=O) groups is 3. The van der Waals surface area contributed by atoms with Crippen LogP contribution >= 0.6 is 11.6 Å². The molecule has 2 aliphatic rings. The van der Waals surface area contributed by atoms with E-state index in [2.05, 4.69) is 5.32 Å². The topological polar surface area (TPSA) is 79.0 Å². The molecule has 0 aliphatic carbocycles. The highest BCUT2D eigenvalue weighted by molar-refractivity contribution is 6.30. The van der Waals surface area contributed by atoms with Crippen molar-refractivity contribution in [2.24, 2.45) is 5.92 Å². The van der Waals surface area contributed by atoms with E-state index in [1.54, 1.807) is 60.5 Å².